The fourth-order valence-electron chi connectivity index (χ4n) is 2.21. The summed E-state index contributed by atoms with van der Waals surface area (Å²) < 4.78 is 6.22. The van der Waals surface area contributed by atoms with Crippen LogP contribution in [0.5, 0.6) is 5.88 Å². The summed E-state index contributed by atoms with van der Waals surface area (Å²) in [5.41, 5.74) is 6.51. The second-order valence-electron chi connectivity index (χ2n) is 5.42. The molecule has 144 valence electrons. The Hall–Kier alpha value is -2.86. The Morgan fingerprint density at radius 1 is 1.48 bits per heavy atom. The molecule has 1 aromatic carbocycles. The highest BCUT2D eigenvalue weighted by atomic mass is 79.9. The van der Waals surface area contributed by atoms with Crippen molar-refractivity contribution >= 4 is 39.3 Å². The van der Waals surface area contributed by atoms with Gasteiger partial charge in [-0.15, -0.1) is 0 Å². The largest absolute Gasteiger partial charge is 0.477 e. The van der Waals surface area contributed by atoms with Gasteiger partial charge in [0.2, 0.25) is 17.7 Å². The molecule has 1 amide bonds. The minimum absolute atomic E-state index is 0. The van der Waals surface area contributed by atoms with Gasteiger partial charge in [0, 0.05) is 17.2 Å². The summed E-state index contributed by atoms with van der Waals surface area (Å²) in [5.74, 6) is 0.0443. The van der Waals surface area contributed by atoms with Gasteiger partial charge in [-0.1, -0.05) is 29.4 Å². The molecular formula is C18H23BrN6O2. The number of nitrogens with one attached hydrogen (secondary N) is 1. The highest BCUT2D eigenvalue weighted by molar-refractivity contribution is 9.10. The maximum absolute atomic E-state index is 12.6. The van der Waals surface area contributed by atoms with E-state index in [1.54, 1.807) is 37.9 Å². The van der Waals surface area contributed by atoms with Gasteiger partial charge in [-0.05, 0) is 32.0 Å². The summed E-state index contributed by atoms with van der Waals surface area (Å²) in [6.45, 7) is 3.80. The number of carbonyl (C=O) groups excluding carboxylic acids is 1. The van der Waals surface area contributed by atoms with Gasteiger partial charge in [0.25, 0.3) is 0 Å². The SMILES string of the molecule is C.CCOc1nc(N)nc(N(C)[C@@H](C)C(=O)Nc2cccc(Br)c2)c1C#N. The molecule has 0 saturated carbocycles. The van der Waals surface area contributed by atoms with Crippen LogP contribution in [-0.4, -0.2) is 35.6 Å². The van der Waals surface area contributed by atoms with E-state index < -0.39 is 6.04 Å². The summed E-state index contributed by atoms with van der Waals surface area (Å²) in [5, 5.41) is 12.3. The zero-order chi connectivity index (χ0) is 19.3. The Balaban J connectivity index is 0.00000364. The summed E-state index contributed by atoms with van der Waals surface area (Å²) in [6.07, 6.45) is 0. The smallest absolute Gasteiger partial charge is 0.246 e. The molecule has 0 spiro atoms. The first-order chi connectivity index (χ1) is 12.4. The Kier molecular flexibility index (Phi) is 7.99. The van der Waals surface area contributed by atoms with Crippen molar-refractivity contribution in [2.75, 3.05) is 29.6 Å². The van der Waals surface area contributed by atoms with Crippen molar-refractivity contribution in [3.63, 3.8) is 0 Å². The average Bonchev–Trinajstić information content (AvgIpc) is 2.60. The molecule has 0 radical (unpaired) electrons. The maximum Gasteiger partial charge on any atom is 0.246 e. The fourth-order valence-corrected chi connectivity index (χ4v) is 2.61. The number of rotatable bonds is 6. The fraction of sp³-hybridized carbons (Fsp3) is 0.333. The molecule has 0 bridgehead atoms. The zero-order valence-corrected chi connectivity index (χ0v) is 16.2. The van der Waals surface area contributed by atoms with Gasteiger partial charge in [-0.25, -0.2) is 0 Å². The summed E-state index contributed by atoms with van der Waals surface area (Å²) >= 11 is 3.36. The van der Waals surface area contributed by atoms with Gasteiger partial charge in [-0.2, -0.15) is 15.2 Å². The monoisotopic (exact) mass is 434 g/mol. The Labute approximate surface area is 167 Å². The number of carbonyl (C=O) groups is 1. The van der Waals surface area contributed by atoms with Crippen molar-refractivity contribution in [3.8, 4) is 11.9 Å². The Morgan fingerprint density at radius 2 is 2.19 bits per heavy atom. The molecule has 0 fully saturated rings. The lowest BCUT2D eigenvalue weighted by molar-refractivity contribution is -0.117. The van der Waals surface area contributed by atoms with Crippen molar-refractivity contribution in [2.45, 2.75) is 27.3 Å². The number of nitrogens with two attached hydrogens (primary N) is 1. The number of nitrogen functional groups attached to an aromatic ring is 1. The molecule has 0 aliphatic rings. The van der Waals surface area contributed by atoms with Crippen LogP contribution in [0.15, 0.2) is 28.7 Å². The van der Waals surface area contributed by atoms with E-state index >= 15 is 0 Å². The first kappa shape index (κ1) is 22.2. The number of hydrogen-bond acceptors (Lipinski definition) is 7. The number of halogens is 1. The van der Waals surface area contributed by atoms with Crippen LogP contribution < -0.4 is 20.7 Å². The second-order valence-corrected chi connectivity index (χ2v) is 6.33. The van der Waals surface area contributed by atoms with E-state index in [0.29, 0.717) is 12.3 Å². The number of aromatic nitrogens is 2. The standard InChI is InChI=1S/C17H19BrN6O2.CH4/c1-4-26-16-13(9-19)14(22-17(20)23-16)24(3)10(2)15(25)21-12-7-5-6-11(18)8-12;/h5-8,10H,4H2,1-3H3,(H,21,25)(H2,20,22,23);1H4/t10-;/m0./s1. The number of hydrogen-bond donors (Lipinski definition) is 2. The van der Waals surface area contributed by atoms with Crippen molar-refractivity contribution in [1.29, 1.82) is 5.26 Å². The number of likely N-dealkylation sites (N-methyl/N-ethyl adjacent to an activating group) is 1. The topological polar surface area (TPSA) is 117 Å². The molecule has 2 rings (SSSR count). The van der Waals surface area contributed by atoms with E-state index in [1.807, 2.05) is 18.2 Å². The lowest BCUT2D eigenvalue weighted by Gasteiger charge is -2.26. The van der Waals surface area contributed by atoms with E-state index in [2.05, 4.69) is 31.2 Å². The minimum Gasteiger partial charge on any atom is -0.477 e. The summed E-state index contributed by atoms with van der Waals surface area (Å²) in [4.78, 5) is 22.2. The van der Waals surface area contributed by atoms with Crippen molar-refractivity contribution in [2.24, 2.45) is 0 Å². The third-order valence-corrected chi connectivity index (χ3v) is 4.15. The Morgan fingerprint density at radius 3 is 2.78 bits per heavy atom. The first-order valence-corrected chi connectivity index (χ1v) is 8.66. The number of ether oxygens (including phenoxy) is 1. The zero-order valence-electron chi connectivity index (χ0n) is 14.7. The van der Waals surface area contributed by atoms with Crippen LogP contribution in [0.4, 0.5) is 17.5 Å². The van der Waals surface area contributed by atoms with Crippen LogP contribution in [0.3, 0.4) is 0 Å². The van der Waals surface area contributed by atoms with Crippen LogP contribution in [0.2, 0.25) is 0 Å². The predicted octanol–water partition coefficient (Wildman–Crippen LogP) is 3.19. The van der Waals surface area contributed by atoms with Crippen molar-refractivity contribution in [3.05, 3.63) is 34.3 Å². The molecule has 0 saturated heterocycles. The molecule has 8 nitrogen and oxygen atoms in total. The quantitative estimate of drug-likeness (QED) is 0.716. The molecule has 3 N–H and O–H groups in total. The lowest BCUT2D eigenvalue weighted by Crippen LogP contribution is -2.40. The van der Waals surface area contributed by atoms with E-state index in [1.165, 1.54) is 0 Å². The predicted molar refractivity (Wildman–Crippen MR) is 110 cm³/mol. The summed E-state index contributed by atoms with van der Waals surface area (Å²) in [7, 11) is 1.66. The number of nitriles is 1. The van der Waals surface area contributed by atoms with Crippen LogP contribution in [-0.2, 0) is 4.79 Å². The molecule has 0 unspecified atom stereocenters. The van der Waals surface area contributed by atoms with Crippen LogP contribution in [0.1, 0.15) is 26.8 Å². The minimum atomic E-state index is -0.621. The van der Waals surface area contributed by atoms with E-state index in [4.69, 9.17) is 10.5 Å². The highest BCUT2D eigenvalue weighted by Crippen LogP contribution is 2.27. The first-order valence-electron chi connectivity index (χ1n) is 7.87. The second kappa shape index (κ2) is 9.73. The number of benzene rings is 1. The van der Waals surface area contributed by atoms with E-state index in [0.717, 1.165) is 4.47 Å². The maximum atomic E-state index is 12.6. The van der Waals surface area contributed by atoms with E-state index in [9.17, 15) is 10.1 Å². The molecule has 27 heavy (non-hydrogen) atoms. The molecule has 0 aliphatic carbocycles. The van der Waals surface area contributed by atoms with Gasteiger partial charge < -0.3 is 20.7 Å². The molecule has 9 heteroatoms. The number of anilines is 3. The van der Waals surface area contributed by atoms with Gasteiger partial charge in [0.1, 0.15) is 12.1 Å². The van der Waals surface area contributed by atoms with Crippen molar-refractivity contribution in [1.82, 2.24) is 9.97 Å². The van der Waals surface area contributed by atoms with Crippen LogP contribution >= 0.6 is 15.9 Å². The third kappa shape index (κ3) is 5.31. The van der Waals surface area contributed by atoms with Gasteiger partial charge in [0.15, 0.2) is 11.4 Å². The normalized spacial score (nSPS) is 10.9. The van der Waals surface area contributed by atoms with Gasteiger partial charge >= 0.3 is 0 Å². The molecule has 1 heterocycles. The molecule has 0 aliphatic heterocycles. The van der Waals surface area contributed by atoms with Crippen molar-refractivity contribution < 1.29 is 9.53 Å². The number of nitrogens with zero attached hydrogens (tertiary/aromatic N) is 4. The van der Waals surface area contributed by atoms with Crippen LogP contribution in [0, 0.1) is 11.3 Å². The third-order valence-electron chi connectivity index (χ3n) is 3.65. The van der Waals surface area contributed by atoms with E-state index in [-0.39, 0.29) is 36.5 Å². The number of amides is 1. The highest BCUT2D eigenvalue weighted by Gasteiger charge is 2.25. The average molecular weight is 435 g/mol. The Bertz CT molecular complexity index is 852. The molecule has 1 atom stereocenters. The molecule has 2 aromatic rings. The van der Waals surface area contributed by atoms with Gasteiger partial charge in [0.05, 0.1) is 6.61 Å². The lowest BCUT2D eigenvalue weighted by atomic mass is 10.2. The van der Waals surface area contributed by atoms with Crippen LogP contribution in [0.25, 0.3) is 0 Å². The molecular weight excluding hydrogens is 412 g/mol. The van der Waals surface area contributed by atoms with Gasteiger partial charge in [-0.3, -0.25) is 4.79 Å². The summed E-state index contributed by atoms with van der Waals surface area (Å²) in [6, 6.07) is 8.66. The molecule has 1 aromatic heterocycles.